The molecule has 7 nitrogen and oxygen atoms in total. The van der Waals surface area contributed by atoms with Crippen LogP contribution < -0.4 is 10.1 Å². The van der Waals surface area contributed by atoms with E-state index in [-0.39, 0.29) is 18.6 Å². The number of hydrogen-bond donors (Lipinski definition) is 2. The Morgan fingerprint density at radius 1 is 1.26 bits per heavy atom. The molecule has 0 bridgehead atoms. The summed E-state index contributed by atoms with van der Waals surface area (Å²) in [5.74, 6) is 0.697. The fourth-order valence-electron chi connectivity index (χ4n) is 3.32. The first-order chi connectivity index (χ1) is 12.7. The second-order valence-electron chi connectivity index (χ2n) is 8.31. The van der Waals surface area contributed by atoms with Crippen LogP contribution in [0.5, 0.6) is 5.75 Å². The SMILES string of the molecule is CC(C)(C)OC(=O)N1CCC(O)(COc2cccc3c2CCC(=O)N3)CC1. The molecule has 0 unspecified atom stereocenters. The van der Waals surface area contributed by atoms with Crippen LogP contribution in [0, 0.1) is 0 Å². The van der Waals surface area contributed by atoms with E-state index in [2.05, 4.69) is 5.32 Å². The van der Waals surface area contributed by atoms with E-state index in [0.29, 0.717) is 44.5 Å². The highest BCUT2D eigenvalue weighted by Crippen LogP contribution is 2.32. The zero-order valence-electron chi connectivity index (χ0n) is 16.2. The number of anilines is 1. The van der Waals surface area contributed by atoms with Crippen LogP contribution in [0.1, 0.15) is 45.6 Å². The maximum Gasteiger partial charge on any atom is 0.410 e. The van der Waals surface area contributed by atoms with Gasteiger partial charge < -0.3 is 24.8 Å². The highest BCUT2D eigenvalue weighted by molar-refractivity contribution is 5.94. The lowest BCUT2D eigenvalue weighted by molar-refractivity contribution is -0.116. The van der Waals surface area contributed by atoms with Crippen molar-refractivity contribution in [1.82, 2.24) is 4.90 Å². The van der Waals surface area contributed by atoms with Gasteiger partial charge in [0.2, 0.25) is 5.91 Å². The molecule has 3 rings (SSSR count). The third kappa shape index (κ3) is 4.91. The van der Waals surface area contributed by atoms with Crippen LogP contribution in [0.25, 0.3) is 0 Å². The molecule has 0 aliphatic carbocycles. The predicted octanol–water partition coefficient (Wildman–Crippen LogP) is 2.71. The Hall–Kier alpha value is -2.28. The molecule has 2 heterocycles. The quantitative estimate of drug-likeness (QED) is 0.847. The Kier molecular flexibility index (Phi) is 5.33. The van der Waals surface area contributed by atoms with Gasteiger partial charge in [-0.2, -0.15) is 0 Å². The molecule has 1 saturated heterocycles. The number of ether oxygens (including phenoxy) is 2. The largest absolute Gasteiger partial charge is 0.490 e. The fraction of sp³-hybridized carbons (Fsp3) is 0.600. The van der Waals surface area contributed by atoms with Crippen LogP contribution in [-0.4, -0.2) is 52.9 Å². The summed E-state index contributed by atoms with van der Waals surface area (Å²) in [6, 6.07) is 5.54. The number of piperidine rings is 1. The molecule has 2 aliphatic heterocycles. The van der Waals surface area contributed by atoms with Crippen molar-refractivity contribution in [3.8, 4) is 5.75 Å². The maximum absolute atomic E-state index is 12.1. The Morgan fingerprint density at radius 2 is 1.96 bits per heavy atom. The molecule has 1 aromatic rings. The summed E-state index contributed by atoms with van der Waals surface area (Å²) in [6.07, 6.45) is 1.57. The van der Waals surface area contributed by atoms with Crippen molar-refractivity contribution in [2.75, 3.05) is 25.0 Å². The molecule has 27 heavy (non-hydrogen) atoms. The molecule has 2 aliphatic rings. The van der Waals surface area contributed by atoms with E-state index in [1.807, 2.05) is 39.0 Å². The third-order valence-corrected chi connectivity index (χ3v) is 4.85. The minimum absolute atomic E-state index is 0.00722. The standard InChI is InChI=1S/C20H28N2O5/c1-19(2,3)27-18(24)22-11-9-20(25,10-12-22)13-26-16-6-4-5-15-14(16)7-8-17(23)21-15/h4-6,25H,7-13H2,1-3H3,(H,21,23). The van der Waals surface area contributed by atoms with Gasteiger partial charge in [-0.1, -0.05) is 6.07 Å². The number of fused-ring (bicyclic) bond motifs is 1. The van der Waals surface area contributed by atoms with Gasteiger partial charge in [0.15, 0.2) is 0 Å². The summed E-state index contributed by atoms with van der Waals surface area (Å²) >= 11 is 0. The molecule has 0 radical (unpaired) electrons. The topological polar surface area (TPSA) is 88.1 Å². The van der Waals surface area contributed by atoms with E-state index in [4.69, 9.17) is 9.47 Å². The molecule has 0 saturated carbocycles. The van der Waals surface area contributed by atoms with Gasteiger partial charge in [-0.05, 0) is 52.2 Å². The normalized spacial score (nSPS) is 19.1. The van der Waals surface area contributed by atoms with E-state index in [1.165, 1.54) is 0 Å². The predicted molar refractivity (Wildman–Crippen MR) is 101 cm³/mol. The van der Waals surface area contributed by atoms with E-state index >= 15 is 0 Å². The second kappa shape index (κ2) is 7.38. The van der Waals surface area contributed by atoms with Crippen molar-refractivity contribution in [2.45, 2.75) is 57.7 Å². The van der Waals surface area contributed by atoms with Gasteiger partial charge in [0, 0.05) is 30.8 Å². The van der Waals surface area contributed by atoms with Gasteiger partial charge in [-0.3, -0.25) is 4.79 Å². The Labute approximate surface area is 159 Å². The molecule has 0 aromatic heterocycles. The number of likely N-dealkylation sites (tertiary alicyclic amines) is 1. The lowest BCUT2D eigenvalue weighted by Gasteiger charge is -2.38. The molecule has 2 amide bonds. The number of benzene rings is 1. The summed E-state index contributed by atoms with van der Waals surface area (Å²) in [6.45, 7) is 6.51. The summed E-state index contributed by atoms with van der Waals surface area (Å²) in [5, 5.41) is 13.7. The van der Waals surface area contributed by atoms with Crippen LogP contribution in [0.3, 0.4) is 0 Å². The van der Waals surface area contributed by atoms with Crippen LogP contribution in [-0.2, 0) is 16.0 Å². The summed E-state index contributed by atoms with van der Waals surface area (Å²) in [5.41, 5.74) is 0.219. The van der Waals surface area contributed by atoms with Gasteiger partial charge in [0.05, 0.1) is 0 Å². The third-order valence-electron chi connectivity index (χ3n) is 4.85. The van der Waals surface area contributed by atoms with Crippen molar-refractivity contribution in [3.05, 3.63) is 23.8 Å². The van der Waals surface area contributed by atoms with Crippen molar-refractivity contribution in [3.63, 3.8) is 0 Å². The van der Waals surface area contributed by atoms with E-state index in [1.54, 1.807) is 4.90 Å². The van der Waals surface area contributed by atoms with Gasteiger partial charge in [0.25, 0.3) is 0 Å². The highest BCUT2D eigenvalue weighted by atomic mass is 16.6. The average Bonchev–Trinajstić information content (AvgIpc) is 2.58. The second-order valence-corrected chi connectivity index (χ2v) is 8.31. The van der Waals surface area contributed by atoms with E-state index < -0.39 is 11.2 Å². The van der Waals surface area contributed by atoms with Crippen LogP contribution in [0.15, 0.2) is 18.2 Å². The van der Waals surface area contributed by atoms with Crippen LogP contribution >= 0.6 is 0 Å². The number of nitrogens with one attached hydrogen (secondary N) is 1. The highest BCUT2D eigenvalue weighted by Gasteiger charge is 2.36. The van der Waals surface area contributed by atoms with Gasteiger partial charge in [0.1, 0.15) is 23.6 Å². The molecule has 0 spiro atoms. The molecule has 2 N–H and O–H groups in total. The molecular weight excluding hydrogens is 348 g/mol. The van der Waals surface area contributed by atoms with Crippen molar-refractivity contribution >= 4 is 17.7 Å². The van der Waals surface area contributed by atoms with E-state index in [9.17, 15) is 14.7 Å². The number of amides is 2. The Balaban J connectivity index is 1.56. The first-order valence-corrected chi connectivity index (χ1v) is 9.40. The van der Waals surface area contributed by atoms with E-state index in [0.717, 1.165) is 11.3 Å². The number of hydrogen-bond acceptors (Lipinski definition) is 5. The maximum atomic E-state index is 12.1. The van der Waals surface area contributed by atoms with Crippen LogP contribution in [0.2, 0.25) is 0 Å². The average molecular weight is 376 g/mol. The molecule has 148 valence electrons. The molecule has 1 fully saturated rings. The number of carbonyl (C=O) groups excluding carboxylic acids is 2. The number of aliphatic hydroxyl groups is 1. The zero-order valence-corrected chi connectivity index (χ0v) is 16.2. The minimum Gasteiger partial charge on any atom is -0.490 e. The van der Waals surface area contributed by atoms with Gasteiger partial charge >= 0.3 is 6.09 Å². The lowest BCUT2D eigenvalue weighted by Crippen LogP contribution is -2.50. The van der Waals surface area contributed by atoms with Crippen molar-refractivity contribution in [2.24, 2.45) is 0 Å². The molecular formula is C20H28N2O5. The monoisotopic (exact) mass is 376 g/mol. The minimum atomic E-state index is -0.987. The fourth-order valence-corrected chi connectivity index (χ4v) is 3.32. The zero-order chi connectivity index (χ0) is 19.7. The smallest absolute Gasteiger partial charge is 0.410 e. The van der Waals surface area contributed by atoms with Gasteiger partial charge in [-0.25, -0.2) is 4.79 Å². The number of carbonyl (C=O) groups is 2. The summed E-state index contributed by atoms with van der Waals surface area (Å²) in [4.78, 5) is 25.3. The first-order valence-electron chi connectivity index (χ1n) is 9.40. The Bertz CT molecular complexity index is 718. The first kappa shape index (κ1) is 19.5. The van der Waals surface area contributed by atoms with Gasteiger partial charge in [-0.15, -0.1) is 0 Å². The lowest BCUT2D eigenvalue weighted by atomic mass is 9.92. The molecule has 0 atom stereocenters. The summed E-state index contributed by atoms with van der Waals surface area (Å²) < 4.78 is 11.3. The van der Waals surface area contributed by atoms with Crippen molar-refractivity contribution < 1.29 is 24.2 Å². The number of nitrogens with zero attached hydrogens (tertiary/aromatic N) is 1. The molecule has 1 aromatic carbocycles. The van der Waals surface area contributed by atoms with Crippen molar-refractivity contribution in [1.29, 1.82) is 0 Å². The summed E-state index contributed by atoms with van der Waals surface area (Å²) in [7, 11) is 0. The Morgan fingerprint density at radius 3 is 2.63 bits per heavy atom. The number of rotatable bonds is 3. The van der Waals surface area contributed by atoms with Crippen LogP contribution in [0.4, 0.5) is 10.5 Å². The molecule has 7 heteroatoms.